The Bertz CT molecular complexity index is 1900. The van der Waals surface area contributed by atoms with Crippen molar-refractivity contribution in [2.45, 2.75) is 76.4 Å². The molecule has 2 saturated heterocycles. The molecule has 0 radical (unpaired) electrons. The molecule has 234 valence electrons. The van der Waals surface area contributed by atoms with Gasteiger partial charge in [-0.1, -0.05) is 24.3 Å². The van der Waals surface area contributed by atoms with Gasteiger partial charge in [0.2, 0.25) is 0 Å². The van der Waals surface area contributed by atoms with E-state index in [0.717, 1.165) is 49.9 Å². The summed E-state index contributed by atoms with van der Waals surface area (Å²) in [6.45, 7) is 8.77. The van der Waals surface area contributed by atoms with Crippen LogP contribution in [0.5, 0.6) is 5.75 Å². The van der Waals surface area contributed by atoms with Crippen molar-refractivity contribution in [3.63, 3.8) is 0 Å². The van der Waals surface area contributed by atoms with E-state index in [0.29, 0.717) is 24.4 Å². The maximum absolute atomic E-state index is 6.91. The quantitative estimate of drug-likeness (QED) is 0.184. The van der Waals surface area contributed by atoms with Crippen LogP contribution in [0.3, 0.4) is 0 Å². The molecule has 4 atom stereocenters. The number of aryl methyl sites for hydroxylation is 1. The number of benzene rings is 2. The van der Waals surface area contributed by atoms with Gasteiger partial charge in [0.25, 0.3) is 0 Å². The summed E-state index contributed by atoms with van der Waals surface area (Å²) in [5, 5.41) is 5.31. The lowest BCUT2D eigenvalue weighted by Crippen LogP contribution is -2.52. The number of anilines is 2. The summed E-state index contributed by atoms with van der Waals surface area (Å²) >= 11 is 3.69. The highest BCUT2D eigenvalue weighted by Gasteiger charge is 2.69. The molecule has 11 heteroatoms. The zero-order chi connectivity index (χ0) is 31.6. The number of nitrogens with one attached hydrogen (secondary N) is 1. The number of methoxy groups -OCH3 is 1. The number of pyridine rings is 1. The average molecular weight is 674 g/mol. The predicted molar refractivity (Wildman–Crippen MR) is 177 cm³/mol. The van der Waals surface area contributed by atoms with Crippen LogP contribution >= 0.6 is 15.9 Å². The maximum Gasteiger partial charge on any atom is 0.165 e. The maximum atomic E-state index is 6.91. The molecular formula is C34H37BrN6O4. The number of rotatable bonds is 8. The number of hydrogen-bond acceptors (Lipinski definition) is 9. The zero-order valence-corrected chi connectivity index (χ0v) is 27.6. The van der Waals surface area contributed by atoms with Gasteiger partial charge in [-0.15, -0.1) is 0 Å². The molecule has 2 aromatic carbocycles. The topological polar surface area (TPSA) is 119 Å². The van der Waals surface area contributed by atoms with Crippen LogP contribution in [0.4, 0.5) is 11.6 Å². The first-order valence-corrected chi connectivity index (χ1v) is 15.9. The Labute approximate surface area is 270 Å². The molecule has 0 spiro atoms. The minimum absolute atomic E-state index is 0.362. The van der Waals surface area contributed by atoms with Crippen molar-refractivity contribution >= 4 is 49.5 Å². The normalized spacial score (nSPS) is 25.6. The van der Waals surface area contributed by atoms with Crippen LogP contribution in [0.2, 0.25) is 0 Å². The van der Waals surface area contributed by atoms with Gasteiger partial charge >= 0.3 is 0 Å². The number of halogens is 1. The van der Waals surface area contributed by atoms with E-state index in [2.05, 4.69) is 69.3 Å². The third-order valence-corrected chi connectivity index (χ3v) is 9.87. The number of aromatic nitrogens is 4. The van der Waals surface area contributed by atoms with Gasteiger partial charge in [0.05, 0.1) is 28.1 Å². The predicted octanol–water partition coefficient (Wildman–Crippen LogP) is 6.78. The Kier molecular flexibility index (Phi) is 7.27. The van der Waals surface area contributed by atoms with Crippen LogP contribution in [0.1, 0.15) is 51.5 Å². The molecule has 0 unspecified atom stereocenters. The summed E-state index contributed by atoms with van der Waals surface area (Å²) in [5.74, 6) is 1.29. The lowest BCUT2D eigenvalue weighted by Gasteiger charge is -2.38. The Morgan fingerprint density at radius 2 is 1.78 bits per heavy atom. The van der Waals surface area contributed by atoms with Crippen LogP contribution in [0.15, 0.2) is 71.6 Å². The second-order valence-corrected chi connectivity index (χ2v) is 13.5. The summed E-state index contributed by atoms with van der Waals surface area (Å²) < 4.78 is 28.3. The number of nitrogen functional groups attached to an aromatic ring is 1. The number of nitrogens with two attached hydrogens (primary N) is 1. The van der Waals surface area contributed by atoms with Crippen LogP contribution in [0, 0.1) is 0 Å². The molecule has 10 nitrogen and oxygen atoms in total. The fourth-order valence-corrected chi connectivity index (χ4v) is 7.15. The Morgan fingerprint density at radius 1 is 1.00 bits per heavy atom. The van der Waals surface area contributed by atoms with Crippen molar-refractivity contribution in [3.8, 4) is 5.75 Å². The van der Waals surface area contributed by atoms with Gasteiger partial charge in [0, 0.05) is 18.1 Å². The van der Waals surface area contributed by atoms with E-state index in [9.17, 15) is 0 Å². The molecule has 2 fully saturated rings. The smallest absolute Gasteiger partial charge is 0.165 e. The molecular weight excluding hydrogens is 636 g/mol. The Morgan fingerprint density at radius 3 is 2.56 bits per heavy atom. The lowest BCUT2D eigenvalue weighted by molar-refractivity contribution is -0.235. The van der Waals surface area contributed by atoms with Crippen LogP contribution in [-0.2, 0) is 27.2 Å². The van der Waals surface area contributed by atoms with E-state index >= 15 is 0 Å². The first kappa shape index (κ1) is 29.9. The molecule has 2 aliphatic heterocycles. The molecule has 0 saturated carbocycles. The summed E-state index contributed by atoms with van der Waals surface area (Å²) in [5.41, 5.74) is 8.69. The fourth-order valence-electron chi connectivity index (χ4n) is 6.68. The van der Waals surface area contributed by atoms with Crippen molar-refractivity contribution in [1.82, 2.24) is 19.5 Å². The van der Waals surface area contributed by atoms with Gasteiger partial charge in [-0.3, -0.25) is 0 Å². The largest absolute Gasteiger partial charge is 0.497 e. The third kappa shape index (κ3) is 5.21. The first-order valence-electron chi connectivity index (χ1n) is 15.1. The number of fused-ring (bicyclic) bond motifs is 3. The minimum Gasteiger partial charge on any atom is -0.497 e. The Hall–Kier alpha value is -3.77. The summed E-state index contributed by atoms with van der Waals surface area (Å²) in [6.07, 6.45) is 4.07. The molecule has 2 aliphatic rings. The zero-order valence-electron chi connectivity index (χ0n) is 26.0. The van der Waals surface area contributed by atoms with E-state index < -0.39 is 23.2 Å². The highest BCUT2D eigenvalue weighted by Crippen LogP contribution is 2.57. The van der Waals surface area contributed by atoms with Gasteiger partial charge < -0.3 is 34.6 Å². The number of ether oxygens (including phenoxy) is 4. The van der Waals surface area contributed by atoms with Crippen molar-refractivity contribution in [2.24, 2.45) is 0 Å². The van der Waals surface area contributed by atoms with Crippen LogP contribution < -0.4 is 15.8 Å². The molecule has 0 bridgehead atoms. The lowest BCUT2D eigenvalue weighted by atomic mass is 9.79. The standard InChI is InChI=1S/C34H37BrN6O4/c1-32(2)43-27-31(41-15-13-24-28(36)38-19-39-30(24)41)44-33(3,34(27,4)45-32)14-12-20-6-9-22-17-25(35)29(40-26(22)16-20)37-18-21-7-10-23(42-5)11-8-21/h6-11,13,15-17,19,27,31H,12,14,18H2,1-5H3,(H,37,40)(H2,36,38,39)/t27-,31+,33+,34-/m0/s1. The van der Waals surface area contributed by atoms with Crippen molar-refractivity contribution < 1.29 is 18.9 Å². The highest BCUT2D eigenvalue weighted by atomic mass is 79.9. The molecule has 7 rings (SSSR count). The highest BCUT2D eigenvalue weighted by molar-refractivity contribution is 9.10. The number of nitrogens with zero attached hydrogens (tertiary/aromatic N) is 4. The fraction of sp³-hybridized carbons (Fsp3) is 0.382. The molecule has 0 aliphatic carbocycles. The monoisotopic (exact) mass is 672 g/mol. The minimum atomic E-state index is -0.769. The van der Waals surface area contributed by atoms with Crippen molar-refractivity contribution in [1.29, 1.82) is 0 Å². The molecule has 5 heterocycles. The van der Waals surface area contributed by atoms with Crippen molar-refractivity contribution in [2.75, 3.05) is 18.2 Å². The van der Waals surface area contributed by atoms with Gasteiger partial charge in [-0.2, -0.15) is 0 Å². The number of hydrogen-bond donors (Lipinski definition) is 2. The van der Waals surface area contributed by atoms with E-state index in [4.69, 9.17) is 29.7 Å². The van der Waals surface area contributed by atoms with Gasteiger partial charge in [0.15, 0.2) is 12.0 Å². The average Bonchev–Trinajstić information content (AvgIpc) is 3.62. The summed E-state index contributed by atoms with van der Waals surface area (Å²) in [4.78, 5) is 13.6. The third-order valence-electron chi connectivity index (χ3n) is 9.26. The van der Waals surface area contributed by atoms with E-state index in [1.165, 1.54) is 6.33 Å². The molecule has 0 amide bonds. The molecule has 5 aromatic rings. The first-order chi connectivity index (χ1) is 21.5. The second-order valence-electron chi connectivity index (χ2n) is 12.7. The van der Waals surface area contributed by atoms with Crippen LogP contribution in [0.25, 0.3) is 21.9 Å². The Balaban J connectivity index is 1.13. The second kappa shape index (κ2) is 10.9. The van der Waals surface area contributed by atoms with Crippen LogP contribution in [-0.4, -0.2) is 49.7 Å². The van der Waals surface area contributed by atoms with Gasteiger partial charge in [0.1, 0.15) is 41.1 Å². The molecule has 45 heavy (non-hydrogen) atoms. The van der Waals surface area contributed by atoms with Crippen molar-refractivity contribution in [3.05, 3.63) is 82.7 Å². The van der Waals surface area contributed by atoms with E-state index in [1.54, 1.807) is 7.11 Å². The molecule has 3 aromatic heterocycles. The SMILES string of the molecule is COc1ccc(CNc2nc3cc(CC[C@@]4(C)O[C@@H](n5ccc6c(N)ncnc65)[C@@H]5OC(C)(C)O[C@@]54C)ccc3cc2Br)cc1. The molecule has 3 N–H and O–H groups in total. The van der Waals surface area contributed by atoms with E-state index in [-0.39, 0.29) is 6.10 Å². The van der Waals surface area contributed by atoms with Gasteiger partial charge in [-0.05, 0) is 97.9 Å². The van der Waals surface area contributed by atoms with E-state index in [1.807, 2.05) is 54.9 Å². The van der Waals surface area contributed by atoms with Gasteiger partial charge in [-0.25, -0.2) is 15.0 Å². The summed E-state index contributed by atoms with van der Waals surface area (Å²) in [6, 6.07) is 18.5. The summed E-state index contributed by atoms with van der Waals surface area (Å²) in [7, 11) is 1.67.